The van der Waals surface area contributed by atoms with E-state index in [1.807, 2.05) is 49.1 Å². The number of rotatable bonds is 6. The highest BCUT2D eigenvalue weighted by Gasteiger charge is 2.23. The van der Waals surface area contributed by atoms with Crippen LogP contribution in [0.15, 0.2) is 54.6 Å². The Morgan fingerprint density at radius 1 is 1.00 bits per heavy atom. The summed E-state index contributed by atoms with van der Waals surface area (Å²) < 4.78 is 27.2. The molecule has 0 bridgehead atoms. The molecule has 33 heavy (non-hydrogen) atoms. The van der Waals surface area contributed by atoms with E-state index >= 15 is 0 Å². The zero-order valence-corrected chi connectivity index (χ0v) is 20.0. The van der Waals surface area contributed by atoms with Crippen molar-refractivity contribution in [3.05, 3.63) is 66.0 Å². The first-order chi connectivity index (χ1) is 15.7. The molecule has 174 valence electrons. The standard InChI is InChI=1S/C24H29N5O3S/c1-18-16-19(2)29(25-18)17-24(30)28-14-12-27(13-15-28)23-7-5-4-6-22(23)20-8-10-21(11-9-20)26-33(3,31)32/h4-11,16,26H,12-15,17H2,1-3H3. The quantitative estimate of drug-likeness (QED) is 0.602. The highest BCUT2D eigenvalue weighted by Crippen LogP contribution is 2.32. The summed E-state index contributed by atoms with van der Waals surface area (Å²) in [6, 6.07) is 17.5. The second-order valence-electron chi connectivity index (χ2n) is 8.42. The summed E-state index contributed by atoms with van der Waals surface area (Å²) in [6.45, 7) is 6.96. The van der Waals surface area contributed by atoms with Crippen LogP contribution in [-0.4, -0.2) is 61.4 Å². The maximum Gasteiger partial charge on any atom is 0.244 e. The fourth-order valence-corrected chi connectivity index (χ4v) is 4.75. The SMILES string of the molecule is Cc1cc(C)n(CC(=O)N2CCN(c3ccccc3-c3ccc(NS(C)(=O)=O)cc3)CC2)n1. The van der Waals surface area contributed by atoms with Gasteiger partial charge in [0.15, 0.2) is 0 Å². The van der Waals surface area contributed by atoms with Gasteiger partial charge in [0.2, 0.25) is 15.9 Å². The molecule has 1 aliphatic rings. The van der Waals surface area contributed by atoms with Crippen molar-refractivity contribution < 1.29 is 13.2 Å². The molecule has 1 aromatic heterocycles. The van der Waals surface area contributed by atoms with Gasteiger partial charge in [-0.2, -0.15) is 5.10 Å². The Morgan fingerprint density at radius 2 is 1.67 bits per heavy atom. The van der Waals surface area contributed by atoms with Crippen LogP contribution in [0.2, 0.25) is 0 Å². The molecule has 9 heteroatoms. The van der Waals surface area contributed by atoms with Crippen LogP contribution < -0.4 is 9.62 Å². The minimum Gasteiger partial charge on any atom is -0.367 e. The number of sulfonamides is 1. The van der Waals surface area contributed by atoms with E-state index < -0.39 is 10.0 Å². The Bertz CT molecular complexity index is 1240. The first kappa shape index (κ1) is 22.8. The first-order valence-corrected chi connectivity index (χ1v) is 12.8. The van der Waals surface area contributed by atoms with Gasteiger partial charge < -0.3 is 9.80 Å². The van der Waals surface area contributed by atoms with Crippen LogP contribution in [0, 0.1) is 13.8 Å². The van der Waals surface area contributed by atoms with Crippen molar-refractivity contribution in [2.75, 3.05) is 42.1 Å². The molecule has 4 rings (SSSR count). The Hall–Kier alpha value is -3.33. The van der Waals surface area contributed by atoms with Crippen LogP contribution in [0.5, 0.6) is 0 Å². The third-order valence-electron chi connectivity index (χ3n) is 5.76. The molecule has 1 amide bonds. The van der Waals surface area contributed by atoms with Crippen molar-refractivity contribution in [2.45, 2.75) is 20.4 Å². The maximum atomic E-state index is 12.8. The van der Waals surface area contributed by atoms with Crippen LogP contribution >= 0.6 is 0 Å². The summed E-state index contributed by atoms with van der Waals surface area (Å²) in [5.41, 5.74) is 5.63. The van der Waals surface area contributed by atoms with E-state index in [1.165, 1.54) is 0 Å². The molecule has 0 saturated carbocycles. The van der Waals surface area contributed by atoms with Gasteiger partial charge >= 0.3 is 0 Å². The van der Waals surface area contributed by atoms with Gasteiger partial charge in [0, 0.05) is 48.8 Å². The van der Waals surface area contributed by atoms with Gasteiger partial charge in [0.1, 0.15) is 6.54 Å². The number of nitrogens with zero attached hydrogens (tertiary/aromatic N) is 4. The molecule has 0 atom stereocenters. The summed E-state index contributed by atoms with van der Waals surface area (Å²) in [7, 11) is -3.31. The van der Waals surface area contributed by atoms with Gasteiger partial charge in [-0.05, 0) is 43.7 Å². The molecule has 0 aliphatic carbocycles. The number of carbonyl (C=O) groups excluding carboxylic acids is 1. The second-order valence-corrected chi connectivity index (χ2v) is 10.2. The largest absolute Gasteiger partial charge is 0.367 e. The van der Waals surface area contributed by atoms with E-state index in [0.717, 1.165) is 47.5 Å². The fraction of sp³-hybridized carbons (Fsp3) is 0.333. The molecule has 2 heterocycles. The van der Waals surface area contributed by atoms with Gasteiger partial charge in [-0.15, -0.1) is 0 Å². The lowest BCUT2D eigenvalue weighted by Crippen LogP contribution is -2.49. The summed E-state index contributed by atoms with van der Waals surface area (Å²) in [5.74, 6) is 0.0862. The molecule has 0 spiro atoms. The van der Waals surface area contributed by atoms with E-state index in [9.17, 15) is 13.2 Å². The highest BCUT2D eigenvalue weighted by molar-refractivity contribution is 7.92. The smallest absolute Gasteiger partial charge is 0.244 e. The number of para-hydroxylation sites is 1. The number of amides is 1. The highest BCUT2D eigenvalue weighted by atomic mass is 32.2. The Balaban J connectivity index is 1.44. The summed E-state index contributed by atoms with van der Waals surface area (Å²) in [5, 5.41) is 4.40. The van der Waals surface area contributed by atoms with Crippen molar-refractivity contribution in [3.8, 4) is 11.1 Å². The third-order valence-corrected chi connectivity index (χ3v) is 6.37. The average Bonchev–Trinajstić information content (AvgIpc) is 3.10. The molecular weight excluding hydrogens is 438 g/mol. The van der Waals surface area contributed by atoms with Crippen molar-refractivity contribution in [1.29, 1.82) is 0 Å². The normalized spacial score (nSPS) is 14.4. The van der Waals surface area contributed by atoms with E-state index in [-0.39, 0.29) is 12.5 Å². The number of anilines is 2. The van der Waals surface area contributed by atoms with E-state index in [1.54, 1.807) is 16.8 Å². The van der Waals surface area contributed by atoms with Crippen molar-refractivity contribution in [1.82, 2.24) is 14.7 Å². The van der Waals surface area contributed by atoms with E-state index in [2.05, 4.69) is 26.9 Å². The Morgan fingerprint density at radius 3 is 2.27 bits per heavy atom. The number of hydrogen-bond donors (Lipinski definition) is 1. The molecule has 8 nitrogen and oxygen atoms in total. The Kier molecular flexibility index (Phi) is 6.42. The predicted octanol–water partition coefficient (Wildman–Crippen LogP) is 2.89. The number of hydrogen-bond acceptors (Lipinski definition) is 5. The van der Waals surface area contributed by atoms with Crippen LogP contribution in [-0.2, 0) is 21.4 Å². The molecule has 1 saturated heterocycles. The minimum absolute atomic E-state index is 0.0862. The second kappa shape index (κ2) is 9.27. The molecule has 1 fully saturated rings. The van der Waals surface area contributed by atoms with Gasteiger partial charge in [-0.25, -0.2) is 8.42 Å². The monoisotopic (exact) mass is 467 g/mol. The number of aromatic nitrogens is 2. The number of benzene rings is 2. The number of nitrogens with one attached hydrogen (secondary N) is 1. The van der Waals surface area contributed by atoms with Gasteiger partial charge in [0.25, 0.3) is 0 Å². The third kappa shape index (κ3) is 5.54. The molecule has 2 aromatic carbocycles. The average molecular weight is 468 g/mol. The molecular formula is C24H29N5O3S. The van der Waals surface area contributed by atoms with Crippen molar-refractivity contribution in [3.63, 3.8) is 0 Å². The van der Waals surface area contributed by atoms with Gasteiger partial charge in [0.05, 0.1) is 11.9 Å². The van der Waals surface area contributed by atoms with E-state index in [4.69, 9.17) is 0 Å². The Labute approximate surface area is 194 Å². The van der Waals surface area contributed by atoms with Crippen molar-refractivity contribution in [2.24, 2.45) is 0 Å². The number of carbonyl (C=O) groups is 1. The van der Waals surface area contributed by atoms with Crippen LogP contribution in [0.4, 0.5) is 11.4 Å². The number of aryl methyl sites for hydroxylation is 2. The molecule has 1 aliphatic heterocycles. The van der Waals surface area contributed by atoms with Gasteiger partial charge in [-0.3, -0.25) is 14.2 Å². The lowest BCUT2D eigenvalue weighted by Gasteiger charge is -2.37. The zero-order chi connectivity index (χ0) is 23.6. The molecule has 3 aromatic rings. The van der Waals surface area contributed by atoms with Crippen LogP contribution in [0.3, 0.4) is 0 Å². The summed E-state index contributed by atoms with van der Waals surface area (Å²) >= 11 is 0. The predicted molar refractivity (Wildman–Crippen MR) is 131 cm³/mol. The number of piperazine rings is 1. The summed E-state index contributed by atoms with van der Waals surface area (Å²) in [4.78, 5) is 17.0. The fourth-order valence-electron chi connectivity index (χ4n) is 4.19. The summed E-state index contributed by atoms with van der Waals surface area (Å²) in [6.07, 6.45) is 1.14. The minimum atomic E-state index is -3.31. The van der Waals surface area contributed by atoms with Crippen LogP contribution in [0.1, 0.15) is 11.4 Å². The first-order valence-electron chi connectivity index (χ1n) is 10.9. The lowest BCUT2D eigenvalue weighted by molar-refractivity contribution is -0.132. The molecule has 0 unspecified atom stereocenters. The lowest BCUT2D eigenvalue weighted by atomic mass is 10.0. The van der Waals surface area contributed by atoms with Crippen molar-refractivity contribution >= 4 is 27.3 Å². The maximum absolute atomic E-state index is 12.8. The molecule has 1 N–H and O–H groups in total. The topological polar surface area (TPSA) is 87.5 Å². The van der Waals surface area contributed by atoms with Gasteiger partial charge in [-0.1, -0.05) is 30.3 Å². The van der Waals surface area contributed by atoms with E-state index in [0.29, 0.717) is 18.8 Å². The molecule has 0 radical (unpaired) electrons. The zero-order valence-electron chi connectivity index (χ0n) is 19.2. The van der Waals surface area contributed by atoms with Crippen LogP contribution in [0.25, 0.3) is 11.1 Å².